The Morgan fingerprint density at radius 3 is 2.41 bits per heavy atom. The van der Waals surface area contributed by atoms with Gasteiger partial charge in [-0.1, -0.05) is 25.7 Å². The SMILES string of the molecule is O=C(NCCC[P+](O)(O)C=C1CCCCC1)OCOC(=O)C1CCCCC1. The van der Waals surface area contributed by atoms with E-state index in [9.17, 15) is 19.4 Å². The Morgan fingerprint density at radius 1 is 1.04 bits per heavy atom. The molecule has 2 fully saturated rings. The van der Waals surface area contributed by atoms with Gasteiger partial charge in [-0.2, -0.15) is 0 Å². The molecule has 27 heavy (non-hydrogen) atoms. The summed E-state index contributed by atoms with van der Waals surface area (Å²) in [5.41, 5.74) is 1.15. The van der Waals surface area contributed by atoms with Gasteiger partial charge in [-0.3, -0.25) is 4.79 Å². The van der Waals surface area contributed by atoms with Gasteiger partial charge in [0.15, 0.2) is 0 Å². The van der Waals surface area contributed by atoms with Crippen molar-refractivity contribution in [2.45, 2.75) is 70.6 Å². The van der Waals surface area contributed by atoms with E-state index in [1.54, 1.807) is 5.82 Å². The van der Waals surface area contributed by atoms with E-state index >= 15 is 0 Å². The van der Waals surface area contributed by atoms with Gasteiger partial charge in [0, 0.05) is 13.0 Å². The van der Waals surface area contributed by atoms with Crippen LogP contribution >= 0.6 is 7.72 Å². The van der Waals surface area contributed by atoms with Gasteiger partial charge < -0.3 is 14.8 Å². The zero-order valence-corrected chi connectivity index (χ0v) is 16.9. The van der Waals surface area contributed by atoms with Crippen LogP contribution < -0.4 is 5.32 Å². The lowest BCUT2D eigenvalue weighted by atomic mass is 9.89. The molecule has 0 atom stereocenters. The van der Waals surface area contributed by atoms with Crippen molar-refractivity contribution in [1.82, 2.24) is 5.32 Å². The molecule has 0 saturated heterocycles. The number of hydrogen-bond acceptors (Lipinski definition) is 6. The maximum absolute atomic E-state index is 11.8. The van der Waals surface area contributed by atoms with E-state index in [1.807, 2.05) is 0 Å². The second-order valence-electron chi connectivity index (χ2n) is 7.49. The lowest BCUT2D eigenvalue weighted by Gasteiger charge is -2.19. The molecule has 0 aromatic carbocycles. The van der Waals surface area contributed by atoms with Crippen molar-refractivity contribution in [2.24, 2.45) is 5.92 Å². The number of carbonyl (C=O) groups is 2. The van der Waals surface area contributed by atoms with Crippen LogP contribution in [0.25, 0.3) is 0 Å². The zero-order chi connectivity index (χ0) is 19.5. The van der Waals surface area contributed by atoms with Gasteiger partial charge in [-0.05, 0) is 44.1 Å². The number of carbonyl (C=O) groups excluding carboxylic acids is 2. The molecule has 7 nitrogen and oxygen atoms in total. The molecule has 0 unspecified atom stereocenters. The fraction of sp³-hybridized carbons (Fsp3) is 0.789. The first kappa shape index (κ1) is 22.1. The Balaban J connectivity index is 1.54. The summed E-state index contributed by atoms with van der Waals surface area (Å²) in [6.45, 7) is -0.106. The van der Waals surface area contributed by atoms with Crippen molar-refractivity contribution in [3.8, 4) is 0 Å². The number of nitrogens with one attached hydrogen (secondary N) is 1. The van der Waals surface area contributed by atoms with E-state index < -0.39 is 13.8 Å². The van der Waals surface area contributed by atoms with Crippen LogP contribution in [0.4, 0.5) is 4.79 Å². The van der Waals surface area contributed by atoms with E-state index in [-0.39, 0.29) is 31.4 Å². The van der Waals surface area contributed by atoms with Crippen molar-refractivity contribution in [1.29, 1.82) is 0 Å². The second kappa shape index (κ2) is 11.6. The second-order valence-corrected chi connectivity index (χ2v) is 9.76. The average molecular weight is 402 g/mol. The minimum atomic E-state index is -3.04. The third-order valence-electron chi connectivity index (χ3n) is 5.15. The van der Waals surface area contributed by atoms with Gasteiger partial charge in [0.05, 0.1) is 5.92 Å². The Bertz CT molecular complexity index is 508. The van der Waals surface area contributed by atoms with Crippen LogP contribution in [0.15, 0.2) is 11.4 Å². The summed E-state index contributed by atoms with van der Waals surface area (Å²) >= 11 is 0. The standard InChI is InChI=1S/C19H32NO6P/c21-18(17-10-5-2-6-11-17)25-15-26-19(22)20-12-7-13-27(23,24)14-16-8-3-1-4-9-16/h14,17,23-24H,1-13,15H2/p+1. The molecule has 2 rings (SSSR count). The zero-order valence-electron chi connectivity index (χ0n) is 16.0. The van der Waals surface area contributed by atoms with Gasteiger partial charge in [-0.25, -0.2) is 14.6 Å². The van der Waals surface area contributed by atoms with Crippen molar-refractivity contribution in [2.75, 3.05) is 19.5 Å². The molecule has 1 amide bonds. The molecule has 0 radical (unpaired) electrons. The van der Waals surface area contributed by atoms with Gasteiger partial charge in [-0.15, -0.1) is 0 Å². The first-order valence-electron chi connectivity index (χ1n) is 10.1. The minimum absolute atomic E-state index is 0.0742. The molecular formula is C19H33NO6P+. The Labute approximate surface area is 162 Å². The van der Waals surface area contributed by atoms with Crippen molar-refractivity contribution >= 4 is 19.8 Å². The van der Waals surface area contributed by atoms with Gasteiger partial charge in [0.25, 0.3) is 7.72 Å². The normalized spacial score (nSPS) is 18.7. The third kappa shape index (κ3) is 9.04. The molecule has 0 aliphatic heterocycles. The summed E-state index contributed by atoms with van der Waals surface area (Å²) in [6.07, 6.45) is 10.3. The number of esters is 1. The largest absolute Gasteiger partial charge is 0.428 e. The highest BCUT2D eigenvalue weighted by Gasteiger charge is 2.30. The van der Waals surface area contributed by atoms with Crippen LogP contribution in [0, 0.1) is 5.92 Å². The fourth-order valence-electron chi connectivity index (χ4n) is 3.64. The summed E-state index contributed by atoms with van der Waals surface area (Å²) in [7, 11) is -3.04. The van der Waals surface area contributed by atoms with Crippen molar-refractivity contribution in [3.05, 3.63) is 11.4 Å². The van der Waals surface area contributed by atoms with Crippen LogP contribution in [-0.2, 0) is 14.3 Å². The van der Waals surface area contributed by atoms with E-state index in [0.717, 1.165) is 63.4 Å². The molecule has 0 spiro atoms. The predicted molar refractivity (Wildman–Crippen MR) is 104 cm³/mol. The summed E-state index contributed by atoms with van der Waals surface area (Å²) in [6, 6.07) is 0. The number of hydrogen-bond donors (Lipinski definition) is 3. The van der Waals surface area contributed by atoms with Gasteiger partial charge in [0.2, 0.25) is 6.79 Å². The highest BCUT2D eigenvalue weighted by Crippen LogP contribution is 2.53. The van der Waals surface area contributed by atoms with E-state index in [2.05, 4.69) is 5.32 Å². The maximum atomic E-state index is 11.8. The molecule has 2 aliphatic rings. The van der Waals surface area contributed by atoms with Crippen molar-refractivity contribution < 1.29 is 28.8 Å². The van der Waals surface area contributed by atoms with E-state index in [0.29, 0.717) is 6.42 Å². The molecule has 2 saturated carbocycles. The highest BCUT2D eigenvalue weighted by atomic mass is 31.2. The summed E-state index contributed by atoms with van der Waals surface area (Å²) in [5.74, 6) is 1.29. The molecule has 154 valence electrons. The Kier molecular flexibility index (Phi) is 9.52. The number of alkyl carbamates (subject to hydrolysis) is 1. The van der Waals surface area contributed by atoms with Gasteiger partial charge >= 0.3 is 12.1 Å². The number of allylic oxidation sites excluding steroid dienone is 1. The predicted octanol–water partition coefficient (Wildman–Crippen LogP) is 3.86. The van der Waals surface area contributed by atoms with E-state index in [1.165, 1.54) is 6.42 Å². The number of rotatable bonds is 8. The molecule has 8 heteroatoms. The molecular weight excluding hydrogens is 369 g/mol. The molecule has 0 heterocycles. The first-order chi connectivity index (χ1) is 13.0. The molecule has 0 aromatic heterocycles. The molecule has 0 bridgehead atoms. The Morgan fingerprint density at radius 2 is 1.70 bits per heavy atom. The van der Waals surface area contributed by atoms with Crippen LogP contribution in [0.2, 0.25) is 0 Å². The Hall–Kier alpha value is -1.17. The van der Waals surface area contributed by atoms with Gasteiger partial charge in [0.1, 0.15) is 12.0 Å². The average Bonchev–Trinajstić information content (AvgIpc) is 2.66. The lowest BCUT2D eigenvalue weighted by Crippen LogP contribution is -2.28. The minimum Gasteiger partial charge on any atom is -0.428 e. The number of ether oxygens (including phenoxy) is 2. The lowest BCUT2D eigenvalue weighted by molar-refractivity contribution is -0.157. The first-order valence-corrected chi connectivity index (χ1v) is 12.0. The highest BCUT2D eigenvalue weighted by molar-refractivity contribution is 7.67. The van der Waals surface area contributed by atoms with Crippen LogP contribution in [-0.4, -0.2) is 41.3 Å². The monoisotopic (exact) mass is 402 g/mol. The smallest absolute Gasteiger partial charge is 0.410 e. The fourth-order valence-corrected chi connectivity index (χ4v) is 5.24. The number of amides is 1. The van der Waals surface area contributed by atoms with E-state index in [4.69, 9.17) is 9.47 Å². The third-order valence-corrected chi connectivity index (χ3v) is 6.90. The van der Waals surface area contributed by atoms with Crippen LogP contribution in [0.3, 0.4) is 0 Å². The summed E-state index contributed by atoms with van der Waals surface area (Å²) in [5, 5.41) is 2.53. The topological polar surface area (TPSA) is 105 Å². The summed E-state index contributed by atoms with van der Waals surface area (Å²) < 4.78 is 9.83. The van der Waals surface area contributed by atoms with Crippen LogP contribution in [0.5, 0.6) is 0 Å². The molecule has 2 aliphatic carbocycles. The maximum Gasteiger partial charge on any atom is 0.410 e. The van der Waals surface area contributed by atoms with Crippen LogP contribution in [0.1, 0.15) is 70.6 Å². The quantitative estimate of drug-likeness (QED) is 0.246. The molecule has 3 N–H and O–H groups in total. The summed E-state index contributed by atoms with van der Waals surface area (Å²) in [4.78, 5) is 43.7. The molecule has 0 aromatic rings. The van der Waals surface area contributed by atoms with Crippen molar-refractivity contribution in [3.63, 3.8) is 0 Å².